The van der Waals surface area contributed by atoms with E-state index in [2.05, 4.69) is 32.7 Å². The molecule has 0 saturated carbocycles. The maximum Gasteiger partial charge on any atom is 0.00483 e. The van der Waals surface area contributed by atoms with Gasteiger partial charge in [-0.05, 0) is 26.4 Å². The molecule has 10 heavy (non-hydrogen) atoms. The number of nitrogens with zero attached hydrogens (tertiary/aromatic N) is 1. The van der Waals surface area contributed by atoms with Gasteiger partial charge in [-0.25, -0.2) is 0 Å². The highest BCUT2D eigenvalue weighted by molar-refractivity contribution is 4.66. The average Bonchev–Trinajstić information content (AvgIpc) is 1.87. The Balaban J connectivity index is 3.46. The molecular formula is C8H20N2. The third-order valence-electron chi connectivity index (χ3n) is 2.04. The van der Waals surface area contributed by atoms with Gasteiger partial charge in [0.25, 0.3) is 0 Å². The first-order valence-electron chi connectivity index (χ1n) is 4.02. The Morgan fingerprint density at radius 3 is 2.20 bits per heavy atom. The molecule has 2 unspecified atom stereocenters. The van der Waals surface area contributed by atoms with Crippen LogP contribution >= 0.6 is 0 Å². The summed E-state index contributed by atoms with van der Waals surface area (Å²) >= 11 is 0. The molecule has 0 radical (unpaired) electrons. The molecule has 0 spiro atoms. The maximum atomic E-state index is 5.71. The summed E-state index contributed by atoms with van der Waals surface area (Å²) in [6.07, 6.45) is 0. The second kappa shape index (κ2) is 4.69. The molecule has 62 valence electrons. The first kappa shape index (κ1) is 9.92. The van der Waals surface area contributed by atoms with Crippen molar-refractivity contribution in [3.05, 3.63) is 0 Å². The molecule has 0 fully saturated rings. The number of rotatable bonds is 4. The van der Waals surface area contributed by atoms with Crippen LogP contribution in [0.15, 0.2) is 0 Å². The van der Waals surface area contributed by atoms with E-state index in [1.165, 1.54) is 0 Å². The van der Waals surface area contributed by atoms with Gasteiger partial charge in [-0.2, -0.15) is 0 Å². The highest BCUT2D eigenvalue weighted by Crippen LogP contribution is 2.00. The van der Waals surface area contributed by atoms with Gasteiger partial charge >= 0.3 is 0 Å². The predicted molar refractivity (Wildman–Crippen MR) is 46.0 cm³/mol. The zero-order valence-electron chi connectivity index (χ0n) is 7.59. The van der Waals surface area contributed by atoms with Crippen LogP contribution in [0.4, 0.5) is 0 Å². The second-order valence-corrected chi connectivity index (χ2v) is 3.19. The van der Waals surface area contributed by atoms with Crippen molar-refractivity contribution in [3.8, 4) is 0 Å². The van der Waals surface area contributed by atoms with Gasteiger partial charge in [0.05, 0.1) is 0 Å². The molecule has 0 aliphatic carbocycles. The molecular weight excluding hydrogens is 124 g/mol. The summed E-state index contributed by atoms with van der Waals surface area (Å²) in [4.78, 5) is 2.29. The fourth-order valence-electron chi connectivity index (χ4n) is 0.787. The minimum absolute atomic E-state index is 0.314. The summed E-state index contributed by atoms with van der Waals surface area (Å²) in [5.74, 6) is 0.602. The molecule has 2 N–H and O–H groups in total. The molecule has 0 rings (SSSR count). The van der Waals surface area contributed by atoms with Crippen molar-refractivity contribution < 1.29 is 0 Å². The normalized spacial score (nSPS) is 17.4. The molecule has 0 aliphatic heterocycles. The van der Waals surface area contributed by atoms with Crippen molar-refractivity contribution in [2.24, 2.45) is 11.7 Å². The van der Waals surface area contributed by atoms with Crippen molar-refractivity contribution in [1.82, 2.24) is 4.90 Å². The summed E-state index contributed by atoms with van der Waals surface area (Å²) in [7, 11) is 2.12. The van der Waals surface area contributed by atoms with E-state index in [4.69, 9.17) is 5.73 Å². The smallest absolute Gasteiger partial charge is 0.00483 e. The third kappa shape index (κ3) is 3.85. The van der Waals surface area contributed by atoms with Crippen LogP contribution < -0.4 is 5.73 Å². The molecule has 0 aromatic carbocycles. The Bertz CT molecular complexity index is 81.3. The summed E-state index contributed by atoms with van der Waals surface area (Å²) < 4.78 is 0. The lowest BCUT2D eigenvalue weighted by Gasteiger charge is -2.21. The first-order valence-corrected chi connectivity index (χ1v) is 4.02. The van der Waals surface area contributed by atoms with E-state index in [9.17, 15) is 0 Å². The van der Waals surface area contributed by atoms with Gasteiger partial charge in [-0.1, -0.05) is 13.8 Å². The molecule has 0 saturated heterocycles. The van der Waals surface area contributed by atoms with E-state index < -0.39 is 0 Å². The van der Waals surface area contributed by atoms with Crippen molar-refractivity contribution in [1.29, 1.82) is 0 Å². The van der Waals surface area contributed by atoms with Crippen LogP contribution in [0.25, 0.3) is 0 Å². The predicted octanol–water partition coefficient (Wildman–Crippen LogP) is 0.921. The maximum absolute atomic E-state index is 5.71. The molecule has 0 aliphatic rings. The highest BCUT2D eigenvalue weighted by atomic mass is 15.1. The Hall–Kier alpha value is -0.0800. The summed E-state index contributed by atoms with van der Waals surface area (Å²) in [5.41, 5.74) is 5.71. The number of hydrogen-bond donors (Lipinski definition) is 1. The first-order chi connectivity index (χ1) is 4.57. The van der Waals surface area contributed by atoms with Crippen LogP contribution in [0.5, 0.6) is 0 Å². The van der Waals surface area contributed by atoms with Crippen LogP contribution in [-0.2, 0) is 0 Å². The van der Waals surface area contributed by atoms with Gasteiger partial charge in [-0.15, -0.1) is 0 Å². The van der Waals surface area contributed by atoms with Crippen LogP contribution in [-0.4, -0.2) is 31.1 Å². The standard InChI is InChI=1S/C8H20N2/c1-5-10(4)6-7(2)8(3)9/h7-8H,5-6,9H2,1-4H3. The fourth-order valence-corrected chi connectivity index (χ4v) is 0.787. The van der Waals surface area contributed by atoms with Crippen LogP contribution in [0.3, 0.4) is 0 Å². The second-order valence-electron chi connectivity index (χ2n) is 3.19. The zero-order valence-corrected chi connectivity index (χ0v) is 7.59. The SMILES string of the molecule is CCN(C)CC(C)C(C)N. The summed E-state index contributed by atoms with van der Waals surface area (Å²) in [6, 6.07) is 0.314. The molecule has 2 heteroatoms. The zero-order chi connectivity index (χ0) is 8.15. The fraction of sp³-hybridized carbons (Fsp3) is 1.00. The average molecular weight is 144 g/mol. The lowest BCUT2D eigenvalue weighted by molar-refractivity contribution is 0.280. The van der Waals surface area contributed by atoms with Crippen molar-refractivity contribution >= 4 is 0 Å². The van der Waals surface area contributed by atoms with Gasteiger partial charge in [-0.3, -0.25) is 0 Å². The van der Waals surface area contributed by atoms with Gasteiger partial charge in [0.2, 0.25) is 0 Å². The minimum atomic E-state index is 0.314. The third-order valence-corrected chi connectivity index (χ3v) is 2.04. The van der Waals surface area contributed by atoms with E-state index in [0.29, 0.717) is 12.0 Å². The van der Waals surface area contributed by atoms with E-state index in [-0.39, 0.29) is 0 Å². The quantitative estimate of drug-likeness (QED) is 0.636. The van der Waals surface area contributed by atoms with Crippen LogP contribution in [0.2, 0.25) is 0 Å². The summed E-state index contributed by atoms with van der Waals surface area (Å²) in [6.45, 7) is 8.63. The molecule has 0 bridgehead atoms. The highest BCUT2D eigenvalue weighted by Gasteiger charge is 2.08. The van der Waals surface area contributed by atoms with Crippen LogP contribution in [0, 0.1) is 5.92 Å². The Morgan fingerprint density at radius 1 is 1.40 bits per heavy atom. The van der Waals surface area contributed by atoms with E-state index in [1.807, 2.05) is 0 Å². The topological polar surface area (TPSA) is 29.3 Å². The largest absolute Gasteiger partial charge is 0.328 e. The molecule has 0 heterocycles. The van der Waals surface area contributed by atoms with Gasteiger partial charge in [0, 0.05) is 12.6 Å². The molecule has 2 atom stereocenters. The van der Waals surface area contributed by atoms with Crippen LogP contribution in [0.1, 0.15) is 20.8 Å². The molecule has 0 aromatic heterocycles. The summed E-state index contributed by atoms with van der Waals surface area (Å²) in [5, 5.41) is 0. The van der Waals surface area contributed by atoms with E-state index in [1.54, 1.807) is 0 Å². The van der Waals surface area contributed by atoms with Gasteiger partial charge in [0.1, 0.15) is 0 Å². The number of hydrogen-bond acceptors (Lipinski definition) is 2. The van der Waals surface area contributed by atoms with Gasteiger partial charge in [0.15, 0.2) is 0 Å². The van der Waals surface area contributed by atoms with Crippen molar-refractivity contribution in [2.45, 2.75) is 26.8 Å². The Morgan fingerprint density at radius 2 is 1.90 bits per heavy atom. The van der Waals surface area contributed by atoms with E-state index >= 15 is 0 Å². The number of nitrogens with two attached hydrogens (primary N) is 1. The van der Waals surface area contributed by atoms with Crippen molar-refractivity contribution in [2.75, 3.05) is 20.1 Å². The molecule has 0 amide bonds. The Kier molecular flexibility index (Phi) is 4.65. The lowest BCUT2D eigenvalue weighted by Crippen LogP contribution is -2.34. The lowest BCUT2D eigenvalue weighted by atomic mass is 10.0. The monoisotopic (exact) mass is 144 g/mol. The molecule has 0 aromatic rings. The Labute approximate surface area is 64.4 Å². The minimum Gasteiger partial charge on any atom is -0.328 e. The van der Waals surface area contributed by atoms with Gasteiger partial charge < -0.3 is 10.6 Å². The van der Waals surface area contributed by atoms with Crippen molar-refractivity contribution in [3.63, 3.8) is 0 Å². The van der Waals surface area contributed by atoms with E-state index in [0.717, 1.165) is 13.1 Å². The molecule has 2 nitrogen and oxygen atoms in total.